The smallest absolute Gasteiger partial charge is 0.229 e. The van der Waals surface area contributed by atoms with Crippen molar-refractivity contribution in [2.75, 3.05) is 22.8 Å². The molecule has 0 unspecified atom stereocenters. The third-order valence-electron chi connectivity index (χ3n) is 3.78. The summed E-state index contributed by atoms with van der Waals surface area (Å²) in [5.74, 6) is -0.138. The van der Waals surface area contributed by atoms with Gasteiger partial charge in [-0.1, -0.05) is 6.07 Å². The average Bonchev–Trinajstić information content (AvgIpc) is 2.94. The molecule has 3 N–H and O–H groups in total. The van der Waals surface area contributed by atoms with Gasteiger partial charge < -0.3 is 10.6 Å². The molecule has 1 aliphatic rings. The van der Waals surface area contributed by atoms with E-state index in [0.717, 1.165) is 37.3 Å². The van der Waals surface area contributed by atoms with Crippen molar-refractivity contribution in [2.45, 2.75) is 25.9 Å². The van der Waals surface area contributed by atoms with Gasteiger partial charge in [0.25, 0.3) is 0 Å². The van der Waals surface area contributed by atoms with E-state index in [1.165, 1.54) is 0 Å². The van der Waals surface area contributed by atoms with E-state index in [1.807, 2.05) is 10.7 Å². The number of halogens is 1. The fraction of sp³-hybridized carbons (Fsp3) is 0.375. The summed E-state index contributed by atoms with van der Waals surface area (Å²) in [6.45, 7) is 2.56. The van der Waals surface area contributed by atoms with Crippen LogP contribution >= 0.6 is 12.4 Å². The predicted octanol–water partition coefficient (Wildman–Crippen LogP) is 1.35. The molecule has 0 atom stereocenters. The lowest BCUT2D eigenvalue weighted by Gasteiger charge is -2.13. The summed E-state index contributed by atoms with van der Waals surface area (Å²) in [4.78, 5) is 12.1. The van der Waals surface area contributed by atoms with Gasteiger partial charge >= 0.3 is 0 Å². The molecule has 1 aromatic carbocycles. The van der Waals surface area contributed by atoms with Crippen molar-refractivity contribution in [2.24, 2.45) is 0 Å². The predicted molar refractivity (Wildman–Crippen MR) is 103 cm³/mol. The highest BCUT2D eigenvalue weighted by atomic mass is 35.5. The molecule has 26 heavy (non-hydrogen) atoms. The SMILES string of the molecule is CS(=O)(=O)Nc1cccc(NC(=O)CCc2cc3n(n2)CCNC3)c1.Cl. The maximum Gasteiger partial charge on any atom is 0.229 e. The normalized spacial score (nSPS) is 13.4. The molecule has 10 heteroatoms. The molecule has 2 aromatic rings. The minimum Gasteiger partial charge on any atom is -0.326 e. The van der Waals surface area contributed by atoms with Gasteiger partial charge in [-0.05, 0) is 24.3 Å². The first-order chi connectivity index (χ1) is 11.9. The molecule has 0 fully saturated rings. The zero-order valence-electron chi connectivity index (χ0n) is 14.4. The number of anilines is 2. The quantitative estimate of drug-likeness (QED) is 0.680. The number of benzene rings is 1. The third-order valence-corrected chi connectivity index (χ3v) is 4.38. The number of fused-ring (bicyclic) bond motifs is 1. The van der Waals surface area contributed by atoms with Gasteiger partial charge in [-0.25, -0.2) is 8.42 Å². The maximum absolute atomic E-state index is 12.1. The Balaban J connectivity index is 0.00000243. The lowest BCUT2D eigenvalue weighted by atomic mass is 10.2. The molecule has 142 valence electrons. The average molecular weight is 400 g/mol. The van der Waals surface area contributed by atoms with Crippen LogP contribution in [0.1, 0.15) is 17.8 Å². The van der Waals surface area contributed by atoms with E-state index in [4.69, 9.17) is 0 Å². The van der Waals surface area contributed by atoms with Gasteiger partial charge in [0.05, 0.1) is 29.9 Å². The summed E-state index contributed by atoms with van der Waals surface area (Å²) in [7, 11) is -3.35. The molecule has 0 saturated carbocycles. The largest absolute Gasteiger partial charge is 0.326 e. The minimum absolute atomic E-state index is 0. The Bertz CT molecular complexity index is 858. The first-order valence-electron chi connectivity index (χ1n) is 8.03. The van der Waals surface area contributed by atoms with E-state index in [0.29, 0.717) is 24.2 Å². The highest BCUT2D eigenvalue weighted by Gasteiger charge is 2.13. The number of aromatic nitrogens is 2. The summed E-state index contributed by atoms with van der Waals surface area (Å²) < 4.78 is 26.9. The summed E-state index contributed by atoms with van der Waals surface area (Å²) in [6.07, 6.45) is 1.96. The number of hydrogen-bond acceptors (Lipinski definition) is 5. The van der Waals surface area contributed by atoms with E-state index in [2.05, 4.69) is 20.5 Å². The van der Waals surface area contributed by atoms with Gasteiger partial charge in [0.15, 0.2) is 0 Å². The van der Waals surface area contributed by atoms with Gasteiger partial charge in [-0.15, -0.1) is 12.4 Å². The second-order valence-electron chi connectivity index (χ2n) is 6.03. The van der Waals surface area contributed by atoms with Crippen LogP contribution in [-0.4, -0.2) is 36.9 Å². The van der Waals surface area contributed by atoms with Crippen LogP contribution in [0.3, 0.4) is 0 Å². The summed E-state index contributed by atoms with van der Waals surface area (Å²) in [5, 5.41) is 10.6. The minimum atomic E-state index is -3.35. The zero-order chi connectivity index (χ0) is 17.9. The van der Waals surface area contributed by atoms with Gasteiger partial charge in [0, 0.05) is 31.6 Å². The van der Waals surface area contributed by atoms with Crippen molar-refractivity contribution >= 4 is 39.7 Å². The number of hydrogen-bond donors (Lipinski definition) is 3. The van der Waals surface area contributed by atoms with Crippen LogP contribution in [0.2, 0.25) is 0 Å². The molecule has 2 heterocycles. The van der Waals surface area contributed by atoms with Crippen molar-refractivity contribution in [3.05, 3.63) is 41.7 Å². The van der Waals surface area contributed by atoms with Crippen molar-refractivity contribution in [1.82, 2.24) is 15.1 Å². The molecule has 8 nitrogen and oxygen atoms in total. The Morgan fingerprint density at radius 1 is 1.31 bits per heavy atom. The molecule has 1 amide bonds. The number of nitrogens with zero attached hydrogens (tertiary/aromatic N) is 2. The Morgan fingerprint density at radius 2 is 2.08 bits per heavy atom. The van der Waals surface area contributed by atoms with Crippen molar-refractivity contribution in [3.63, 3.8) is 0 Å². The van der Waals surface area contributed by atoms with E-state index < -0.39 is 10.0 Å². The number of rotatable bonds is 6. The van der Waals surface area contributed by atoms with Crippen LogP contribution in [0.25, 0.3) is 0 Å². The van der Waals surface area contributed by atoms with Crippen LogP contribution < -0.4 is 15.4 Å². The zero-order valence-corrected chi connectivity index (χ0v) is 16.0. The van der Waals surface area contributed by atoms with Crippen LogP contribution in [-0.2, 0) is 34.3 Å². The van der Waals surface area contributed by atoms with Crippen molar-refractivity contribution < 1.29 is 13.2 Å². The van der Waals surface area contributed by atoms with Crippen LogP contribution in [0.5, 0.6) is 0 Å². The van der Waals surface area contributed by atoms with E-state index in [9.17, 15) is 13.2 Å². The summed E-state index contributed by atoms with van der Waals surface area (Å²) in [5.41, 5.74) is 3.00. The summed E-state index contributed by atoms with van der Waals surface area (Å²) >= 11 is 0. The van der Waals surface area contributed by atoms with Crippen molar-refractivity contribution in [3.8, 4) is 0 Å². The number of nitrogens with one attached hydrogen (secondary N) is 3. The Kier molecular flexibility index (Phi) is 6.63. The first kappa shape index (κ1) is 20.2. The lowest BCUT2D eigenvalue weighted by molar-refractivity contribution is -0.116. The van der Waals surface area contributed by atoms with Gasteiger partial charge in [0.1, 0.15) is 0 Å². The maximum atomic E-state index is 12.1. The van der Waals surface area contributed by atoms with Gasteiger partial charge in [-0.3, -0.25) is 14.2 Å². The molecule has 0 bridgehead atoms. The Hall–Kier alpha value is -2.10. The van der Waals surface area contributed by atoms with E-state index >= 15 is 0 Å². The number of carbonyl (C=O) groups excluding carboxylic acids is 1. The molecule has 0 aliphatic carbocycles. The van der Waals surface area contributed by atoms with Gasteiger partial charge in [0.2, 0.25) is 15.9 Å². The molecule has 1 aliphatic heterocycles. The fourth-order valence-corrected chi connectivity index (χ4v) is 3.27. The van der Waals surface area contributed by atoms with Crippen LogP contribution in [0.4, 0.5) is 11.4 Å². The third kappa shape index (κ3) is 5.72. The number of aryl methyl sites for hydroxylation is 1. The molecule has 1 aromatic heterocycles. The number of amides is 1. The summed E-state index contributed by atoms with van der Waals surface area (Å²) in [6, 6.07) is 8.63. The van der Waals surface area contributed by atoms with Crippen LogP contribution in [0.15, 0.2) is 30.3 Å². The van der Waals surface area contributed by atoms with Gasteiger partial charge in [-0.2, -0.15) is 5.10 Å². The second kappa shape index (κ2) is 8.52. The molecular weight excluding hydrogens is 378 g/mol. The molecule has 0 spiro atoms. The number of carbonyl (C=O) groups is 1. The fourth-order valence-electron chi connectivity index (χ4n) is 2.71. The monoisotopic (exact) mass is 399 g/mol. The highest BCUT2D eigenvalue weighted by molar-refractivity contribution is 7.92. The van der Waals surface area contributed by atoms with Crippen LogP contribution in [0, 0.1) is 0 Å². The number of sulfonamides is 1. The molecular formula is C16H22ClN5O3S. The Labute approximate surface area is 158 Å². The molecule has 3 rings (SSSR count). The van der Waals surface area contributed by atoms with Crippen molar-refractivity contribution in [1.29, 1.82) is 0 Å². The molecule has 0 radical (unpaired) electrons. The van der Waals surface area contributed by atoms with E-state index in [1.54, 1.807) is 24.3 Å². The first-order valence-corrected chi connectivity index (χ1v) is 9.92. The lowest BCUT2D eigenvalue weighted by Crippen LogP contribution is -2.28. The van der Waals surface area contributed by atoms with E-state index in [-0.39, 0.29) is 18.3 Å². The Morgan fingerprint density at radius 3 is 2.81 bits per heavy atom. The second-order valence-corrected chi connectivity index (χ2v) is 7.78. The topological polar surface area (TPSA) is 105 Å². The highest BCUT2D eigenvalue weighted by Crippen LogP contribution is 2.17. The standard InChI is InChI=1S/C16H21N5O3S.ClH/c1-25(23,24)20-14-4-2-3-12(9-14)18-16(22)6-5-13-10-15-11-17-7-8-21(15)19-13;/h2-4,9-10,17,20H,5-8,11H2,1H3,(H,18,22);1H. The molecule has 0 saturated heterocycles.